The van der Waals surface area contributed by atoms with Gasteiger partial charge in [-0.05, 0) is 44.9 Å². The van der Waals surface area contributed by atoms with Crippen LogP contribution >= 0.6 is 11.6 Å². The number of hydrogen-bond acceptors (Lipinski definition) is 6. The minimum absolute atomic E-state index is 0.00473. The maximum absolute atomic E-state index is 13.6. The van der Waals surface area contributed by atoms with Crippen molar-refractivity contribution in [3.63, 3.8) is 0 Å². The largest absolute Gasteiger partial charge is 0.442 e. The Morgan fingerprint density at radius 2 is 1.74 bits per heavy atom. The number of furan rings is 1. The molecule has 2 aromatic heterocycles. The number of halogens is 1. The molecule has 0 aliphatic carbocycles. The number of amides is 1. The van der Waals surface area contributed by atoms with Crippen molar-refractivity contribution in [3.05, 3.63) is 46.4 Å². The zero-order valence-electron chi connectivity index (χ0n) is 17.9. The van der Waals surface area contributed by atoms with E-state index >= 15 is 0 Å². The Morgan fingerprint density at radius 1 is 1.00 bits per heavy atom. The summed E-state index contributed by atoms with van der Waals surface area (Å²) in [6.07, 6.45) is 2.27. The first kappa shape index (κ1) is 20.1. The third kappa shape index (κ3) is 3.71. The first-order valence-electron chi connectivity index (χ1n) is 10.8. The molecule has 0 N–H and O–H groups in total. The van der Waals surface area contributed by atoms with Crippen molar-refractivity contribution in [2.45, 2.75) is 26.7 Å². The van der Waals surface area contributed by atoms with Gasteiger partial charge in [0.05, 0.1) is 10.9 Å². The van der Waals surface area contributed by atoms with Crippen LogP contribution in [0.5, 0.6) is 0 Å². The van der Waals surface area contributed by atoms with Gasteiger partial charge < -0.3 is 19.1 Å². The summed E-state index contributed by atoms with van der Waals surface area (Å²) in [6, 6.07) is 7.85. The number of anilines is 2. The van der Waals surface area contributed by atoms with Crippen LogP contribution in [0.25, 0.3) is 11.1 Å². The summed E-state index contributed by atoms with van der Waals surface area (Å²) < 4.78 is 5.95. The molecule has 0 atom stereocenters. The van der Waals surface area contributed by atoms with Gasteiger partial charge in [0.1, 0.15) is 17.4 Å². The number of rotatable bonds is 3. The highest BCUT2D eigenvalue weighted by molar-refractivity contribution is 6.30. The minimum Gasteiger partial charge on any atom is -0.442 e. The van der Waals surface area contributed by atoms with Gasteiger partial charge in [-0.15, -0.1) is 0 Å². The number of aryl methyl sites for hydroxylation is 2. The van der Waals surface area contributed by atoms with E-state index < -0.39 is 0 Å². The highest BCUT2D eigenvalue weighted by Crippen LogP contribution is 2.34. The molecule has 7 nitrogen and oxygen atoms in total. The number of aromatic nitrogens is 2. The Bertz CT molecular complexity index is 1130. The average Bonchev–Trinajstić information content (AvgIpc) is 3.40. The molecule has 0 spiro atoms. The lowest BCUT2D eigenvalue weighted by molar-refractivity contribution is 0.0746. The number of fused-ring (bicyclic) bond motifs is 1. The fourth-order valence-electron chi connectivity index (χ4n) is 4.61. The molecule has 0 saturated carbocycles. The van der Waals surface area contributed by atoms with E-state index in [0.29, 0.717) is 36.0 Å². The smallest absolute Gasteiger partial charge is 0.258 e. The molecule has 2 aliphatic heterocycles. The van der Waals surface area contributed by atoms with Crippen LogP contribution in [0.1, 0.15) is 34.8 Å². The lowest BCUT2D eigenvalue weighted by Gasteiger charge is -2.36. The van der Waals surface area contributed by atoms with Crippen LogP contribution in [0.4, 0.5) is 11.5 Å². The molecule has 4 heterocycles. The lowest BCUT2D eigenvalue weighted by atomic mass is 10.1. The van der Waals surface area contributed by atoms with Crippen molar-refractivity contribution >= 4 is 40.1 Å². The standard InChI is InChI=1S/C23H26ClN5O2/c1-15-19(20-21(28-8-3-4-9-28)25-16(2)26-22(20)31-15)23(30)29-12-10-27(11-13-29)18-7-5-6-17(24)14-18/h5-7,14H,3-4,8-13H2,1-2H3. The van der Waals surface area contributed by atoms with Gasteiger partial charge in [-0.2, -0.15) is 4.98 Å². The molecule has 5 rings (SSSR count). The summed E-state index contributed by atoms with van der Waals surface area (Å²) in [5.74, 6) is 2.10. The first-order valence-corrected chi connectivity index (χ1v) is 11.2. The van der Waals surface area contributed by atoms with Crippen LogP contribution in [0.15, 0.2) is 28.7 Å². The van der Waals surface area contributed by atoms with E-state index in [1.54, 1.807) is 0 Å². The van der Waals surface area contributed by atoms with Gasteiger partial charge in [-0.25, -0.2) is 4.98 Å². The summed E-state index contributed by atoms with van der Waals surface area (Å²) in [7, 11) is 0. The van der Waals surface area contributed by atoms with E-state index in [-0.39, 0.29) is 5.91 Å². The molecule has 1 amide bonds. The van der Waals surface area contributed by atoms with Crippen molar-refractivity contribution in [2.75, 3.05) is 49.1 Å². The van der Waals surface area contributed by atoms with Crippen LogP contribution in [-0.2, 0) is 0 Å². The number of piperazine rings is 1. The molecule has 0 bridgehead atoms. The van der Waals surface area contributed by atoms with Gasteiger partial charge in [0.15, 0.2) is 0 Å². The molecule has 3 aromatic rings. The Labute approximate surface area is 186 Å². The molecule has 31 heavy (non-hydrogen) atoms. The summed E-state index contributed by atoms with van der Waals surface area (Å²) >= 11 is 6.15. The zero-order valence-corrected chi connectivity index (χ0v) is 18.7. The molecule has 1 aromatic carbocycles. The van der Waals surface area contributed by atoms with Gasteiger partial charge in [0, 0.05) is 50.0 Å². The van der Waals surface area contributed by atoms with Crippen LogP contribution < -0.4 is 9.80 Å². The Morgan fingerprint density at radius 3 is 2.45 bits per heavy atom. The van der Waals surface area contributed by atoms with Gasteiger partial charge in [-0.3, -0.25) is 4.79 Å². The lowest BCUT2D eigenvalue weighted by Crippen LogP contribution is -2.48. The minimum atomic E-state index is -0.00473. The molecule has 8 heteroatoms. The topological polar surface area (TPSA) is 65.7 Å². The van der Waals surface area contributed by atoms with Crippen LogP contribution in [0, 0.1) is 13.8 Å². The van der Waals surface area contributed by atoms with Gasteiger partial charge in [-0.1, -0.05) is 17.7 Å². The summed E-state index contributed by atoms with van der Waals surface area (Å²) in [5.41, 5.74) is 2.20. The molecule has 2 saturated heterocycles. The Balaban J connectivity index is 1.43. The fourth-order valence-corrected chi connectivity index (χ4v) is 4.80. The Kier molecular flexibility index (Phi) is 5.22. The fraction of sp³-hybridized carbons (Fsp3) is 0.435. The van der Waals surface area contributed by atoms with E-state index in [4.69, 9.17) is 21.0 Å². The van der Waals surface area contributed by atoms with Crippen LogP contribution in [-0.4, -0.2) is 60.0 Å². The summed E-state index contributed by atoms with van der Waals surface area (Å²) in [6.45, 7) is 8.41. The van der Waals surface area contributed by atoms with Crippen molar-refractivity contribution in [1.29, 1.82) is 0 Å². The maximum Gasteiger partial charge on any atom is 0.258 e. The molecule has 2 aliphatic rings. The molecule has 0 unspecified atom stereocenters. The third-order valence-corrected chi connectivity index (χ3v) is 6.42. The number of carbonyl (C=O) groups is 1. The van der Waals surface area contributed by atoms with Crippen molar-refractivity contribution in [1.82, 2.24) is 14.9 Å². The average molecular weight is 440 g/mol. The highest BCUT2D eigenvalue weighted by Gasteiger charge is 2.31. The second-order valence-corrected chi connectivity index (χ2v) is 8.70. The van der Waals surface area contributed by atoms with Crippen molar-refractivity contribution in [2.24, 2.45) is 0 Å². The Hall–Kier alpha value is -2.80. The zero-order chi connectivity index (χ0) is 21.5. The van der Waals surface area contributed by atoms with E-state index in [2.05, 4.69) is 20.9 Å². The number of benzene rings is 1. The second kappa shape index (κ2) is 8.04. The number of hydrogen-bond donors (Lipinski definition) is 0. The predicted molar refractivity (Wildman–Crippen MR) is 122 cm³/mol. The first-order chi connectivity index (χ1) is 15.0. The van der Waals surface area contributed by atoms with Crippen LogP contribution in [0.2, 0.25) is 5.02 Å². The molecule has 2 fully saturated rings. The molecule has 162 valence electrons. The summed E-state index contributed by atoms with van der Waals surface area (Å²) in [5, 5.41) is 1.48. The summed E-state index contributed by atoms with van der Waals surface area (Å²) in [4.78, 5) is 29.2. The predicted octanol–water partition coefficient (Wildman–Crippen LogP) is 4.06. The SMILES string of the molecule is Cc1nc(N2CCCC2)c2c(C(=O)N3CCN(c4cccc(Cl)c4)CC3)c(C)oc2n1. The molecular formula is C23H26ClN5O2. The van der Waals surface area contributed by atoms with Gasteiger partial charge in [0.25, 0.3) is 5.91 Å². The van der Waals surface area contributed by atoms with Crippen LogP contribution in [0.3, 0.4) is 0 Å². The van der Waals surface area contributed by atoms with E-state index in [9.17, 15) is 4.79 Å². The van der Waals surface area contributed by atoms with Gasteiger partial charge in [0.2, 0.25) is 5.71 Å². The molecule has 0 radical (unpaired) electrons. The number of nitrogens with zero attached hydrogens (tertiary/aromatic N) is 5. The maximum atomic E-state index is 13.6. The van der Waals surface area contributed by atoms with Crippen molar-refractivity contribution in [3.8, 4) is 0 Å². The second-order valence-electron chi connectivity index (χ2n) is 8.26. The van der Waals surface area contributed by atoms with Gasteiger partial charge >= 0.3 is 0 Å². The quantitative estimate of drug-likeness (QED) is 0.613. The van der Waals surface area contributed by atoms with Crippen molar-refractivity contribution < 1.29 is 9.21 Å². The number of carbonyl (C=O) groups excluding carboxylic acids is 1. The third-order valence-electron chi connectivity index (χ3n) is 6.18. The molecular weight excluding hydrogens is 414 g/mol. The highest BCUT2D eigenvalue weighted by atomic mass is 35.5. The van der Waals surface area contributed by atoms with E-state index in [1.165, 1.54) is 0 Å². The van der Waals surface area contributed by atoms with E-state index in [1.807, 2.05) is 36.9 Å². The van der Waals surface area contributed by atoms with E-state index in [0.717, 1.165) is 60.9 Å². The normalized spacial score (nSPS) is 17.1. The monoisotopic (exact) mass is 439 g/mol.